The van der Waals surface area contributed by atoms with E-state index in [4.69, 9.17) is 21.4 Å². The van der Waals surface area contributed by atoms with E-state index in [-0.39, 0.29) is 28.8 Å². The van der Waals surface area contributed by atoms with E-state index in [0.29, 0.717) is 5.56 Å². The molecule has 0 fully saturated rings. The first-order valence-electron chi connectivity index (χ1n) is 9.39. The molecule has 0 aromatic carbocycles. The molecule has 0 amide bonds. The van der Waals surface area contributed by atoms with Gasteiger partial charge in [0.25, 0.3) is 5.88 Å². The molecular formula is C17H14N4O4. The van der Waals surface area contributed by atoms with E-state index in [1.165, 1.54) is 36.8 Å². The fraction of sp³-hybridized carbons (Fsp3) is 0.118. The van der Waals surface area contributed by atoms with Crippen molar-refractivity contribution in [1.29, 1.82) is 0 Å². The lowest BCUT2D eigenvalue weighted by molar-refractivity contribution is 0.0696. The predicted octanol–water partition coefficient (Wildman–Crippen LogP) is 2.82. The fourth-order valence-corrected chi connectivity index (χ4v) is 1.88. The van der Waals surface area contributed by atoms with E-state index in [9.17, 15) is 4.79 Å². The Morgan fingerprint density at radius 1 is 1.28 bits per heavy atom. The van der Waals surface area contributed by atoms with Crippen molar-refractivity contribution >= 4 is 5.97 Å². The second-order valence-electron chi connectivity index (χ2n) is 4.62. The van der Waals surface area contributed by atoms with Crippen LogP contribution in [0.1, 0.15) is 24.1 Å². The molecule has 3 aromatic heterocycles. The van der Waals surface area contributed by atoms with Crippen LogP contribution < -0.4 is 9.47 Å². The average Bonchev–Trinajstić information content (AvgIpc) is 2.69. The van der Waals surface area contributed by atoms with E-state index in [1.807, 2.05) is 0 Å². The van der Waals surface area contributed by atoms with Crippen LogP contribution in [0, 0.1) is 0 Å². The minimum Gasteiger partial charge on any atom is -0.488 e. The zero-order chi connectivity index (χ0) is 21.9. The highest BCUT2D eigenvalue weighted by molar-refractivity contribution is 5.86. The highest BCUT2D eigenvalue weighted by Crippen LogP contribution is 2.29. The molecule has 0 bridgehead atoms. The predicted molar refractivity (Wildman–Crippen MR) is 87.7 cm³/mol. The standard InChI is InChI=1S/C17H14N4O4/c1-2-24-14-4-3-5-19-16(14)25-13-6-11(7-18-10-13)15-20-8-12(9-21-15)17(22)23/h3-10H,2H2,1H3,(H,22,23)/i1D3,2D2. The Morgan fingerprint density at radius 2 is 2.12 bits per heavy atom. The van der Waals surface area contributed by atoms with Crippen LogP contribution in [0.25, 0.3) is 11.4 Å². The first kappa shape index (κ1) is 11.1. The molecule has 126 valence electrons. The van der Waals surface area contributed by atoms with Gasteiger partial charge in [-0.3, -0.25) is 4.98 Å². The van der Waals surface area contributed by atoms with E-state index in [1.54, 1.807) is 0 Å². The largest absolute Gasteiger partial charge is 0.488 e. The Hall–Kier alpha value is -3.55. The first-order chi connectivity index (χ1) is 14.1. The molecule has 1 N–H and O–H groups in total. The second kappa shape index (κ2) is 7.35. The molecule has 8 heteroatoms. The van der Waals surface area contributed by atoms with Gasteiger partial charge in [0.05, 0.1) is 21.1 Å². The summed E-state index contributed by atoms with van der Waals surface area (Å²) in [5.74, 6) is -1.18. The summed E-state index contributed by atoms with van der Waals surface area (Å²) in [7, 11) is 0. The van der Waals surface area contributed by atoms with Gasteiger partial charge in [-0.15, -0.1) is 0 Å². The number of nitrogens with zero attached hydrogens (tertiary/aromatic N) is 4. The quantitative estimate of drug-likeness (QED) is 0.728. The molecular weight excluding hydrogens is 324 g/mol. The van der Waals surface area contributed by atoms with Crippen LogP contribution in [-0.2, 0) is 0 Å². The Bertz CT molecular complexity index is 1060. The summed E-state index contributed by atoms with van der Waals surface area (Å²) in [6, 6.07) is 4.25. The number of rotatable bonds is 6. The van der Waals surface area contributed by atoms with Crippen molar-refractivity contribution in [1.82, 2.24) is 19.9 Å². The molecule has 0 aliphatic heterocycles. The molecule has 25 heavy (non-hydrogen) atoms. The lowest BCUT2D eigenvalue weighted by Gasteiger charge is -2.10. The third kappa shape index (κ3) is 3.86. The Balaban J connectivity index is 1.86. The van der Waals surface area contributed by atoms with Crippen molar-refractivity contribution < 1.29 is 26.2 Å². The van der Waals surface area contributed by atoms with Gasteiger partial charge in [-0.05, 0) is 25.1 Å². The van der Waals surface area contributed by atoms with Gasteiger partial charge >= 0.3 is 5.97 Å². The van der Waals surface area contributed by atoms with Crippen LogP contribution in [0.2, 0.25) is 0 Å². The molecule has 0 unspecified atom stereocenters. The van der Waals surface area contributed by atoms with Crippen LogP contribution >= 0.6 is 0 Å². The molecule has 0 saturated heterocycles. The zero-order valence-electron chi connectivity index (χ0n) is 17.6. The van der Waals surface area contributed by atoms with Gasteiger partial charge in [0.1, 0.15) is 5.75 Å². The Labute approximate surface area is 150 Å². The van der Waals surface area contributed by atoms with Crippen molar-refractivity contribution in [2.45, 2.75) is 6.85 Å². The molecule has 0 radical (unpaired) electrons. The van der Waals surface area contributed by atoms with Gasteiger partial charge in [-0.25, -0.2) is 19.7 Å². The van der Waals surface area contributed by atoms with Gasteiger partial charge in [-0.2, -0.15) is 0 Å². The number of carboxylic acids is 1. The normalized spacial score (nSPS) is 14.3. The molecule has 3 heterocycles. The zero-order valence-corrected chi connectivity index (χ0v) is 12.6. The van der Waals surface area contributed by atoms with E-state index in [0.717, 1.165) is 12.4 Å². The number of hydrogen-bond acceptors (Lipinski definition) is 7. The van der Waals surface area contributed by atoms with Crippen molar-refractivity contribution in [2.24, 2.45) is 0 Å². The number of hydrogen-bond donors (Lipinski definition) is 1. The molecule has 3 rings (SSSR count). The highest BCUT2D eigenvalue weighted by atomic mass is 16.5. The summed E-state index contributed by atoms with van der Waals surface area (Å²) in [5, 5.41) is 8.92. The second-order valence-corrected chi connectivity index (χ2v) is 4.62. The highest BCUT2D eigenvalue weighted by Gasteiger charge is 2.10. The number of carboxylic acid groups (broad SMARTS) is 1. The summed E-state index contributed by atoms with van der Waals surface area (Å²) < 4.78 is 47.6. The monoisotopic (exact) mass is 343 g/mol. The number of carbonyl (C=O) groups is 1. The minimum absolute atomic E-state index is 0.0714. The number of pyridine rings is 2. The van der Waals surface area contributed by atoms with E-state index < -0.39 is 19.4 Å². The van der Waals surface area contributed by atoms with Crippen molar-refractivity contribution in [3.05, 3.63) is 54.7 Å². The smallest absolute Gasteiger partial charge is 0.338 e. The van der Waals surface area contributed by atoms with Crippen LogP contribution in [0.15, 0.2) is 49.2 Å². The van der Waals surface area contributed by atoms with E-state index >= 15 is 0 Å². The van der Waals surface area contributed by atoms with Crippen LogP contribution in [0.5, 0.6) is 17.4 Å². The average molecular weight is 343 g/mol. The van der Waals surface area contributed by atoms with E-state index in [2.05, 4.69) is 19.9 Å². The summed E-state index contributed by atoms with van der Waals surface area (Å²) in [6.07, 6.45) is 6.44. The Morgan fingerprint density at radius 3 is 2.88 bits per heavy atom. The van der Waals surface area contributed by atoms with Gasteiger partial charge in [0, 0.05) is 34.5 Å². The third-order valence-corrected chi connectivity index (χ3v) is 2.98. The summed E-state index contributed by atoms with van der Waals surface area (Å²) in [5.41, 5.74) is 0.346. The number of ether oxygens (including phenoxy) is 2. The fourth-order valence-electron chi connectivity index (χ4n) is 1.88. The Kier molecular flexibility index (Phi) is 3.26. The molecule has 0 spiro atoms. The maximum atomic E-state index is 10.9. The van der Waals surface area contributed by atoms with Crippen molar-refractivity contribution in [3.63, 3.8) is 0 Å². The molecule has 8 nitrogen and oxygen atoms in total. The summed E-state index contributed by atoms with van der Waals surface area (Å²) >= 11 is 0. The van der Waals surface area contributed by atoms with Crippen LogP contribution in [-0.4, -0.2) is 37.6 Å². The number of aromatic nitrogens is 4. The SMILES string of the molecule is [2H]C([2H])([2H])C([2H])([2H])Oc1cccnc1Oc1cncc(-c2ncc(C(=O)O)cn2)c1. The van der Waals surface area contributed by atoms with Gasteiger partial charge in [-0.1, -0.05) is 0 Å². The molecule has 0 aliphatic rings. The topological polar surface area (TPSA) is 107 Å². The maximum Gasteiger partial charge on any atom is 0.338 e. The van der Waals surface area contributed by atoms with Crippen LogP contribution in [0.3, 0.4) is 0 Å². The maximum absolute atomic E-state index is 10.9. The van der Waals surface area contributed by atoms with Gasteiger partial charge in [0.15, 0.2) is 11.6 Å². The molecule has 0 saturated carbocycles. The van der Waals surface area contributed by atoms with Gasteiger partial charge in [0.2, 0.25) is 0 Å². The molecule has 3 aromatic rings. The lowest BCUT2D eigenvalue weighted by atomic mass is 10.2. The van der Waals surface area contributed by atoms with Gasteiger partial charge < -0.3 is 14.6 Å². The van der Waals surface area contributed by atoms with Crippen LogP contribution in [0.4, 0.5) is 0 Å². The third-order valence-electron chi connectivity index (χ3n) is 2.98. The number of aromatic carboxylic acids is 1. The van der Waals surface area contributed by atoms with Crippen molar-refractivity contribution in [2.75, 3.05) is 6.56 Å². The molecule has 0 aliphatic carbocycles. The lowest BCUT2D eigenvalue weighted by Crippen LogP contribution is -2.00. The minimum atomic E-state index is -3.03. The summed E-state index contributed by atoms with van der Waals surface area (Å²) in [6.45, 7) is -5.99. The molecule has 0 atom stereocenters. The summed E-state index contributed by atoms with van der Waals surface area (Å²) in [4.78, 5) is 26.8. The first-order valence-corrected chi connectivity index (χ1v) is 6.89. The van der Waals surface area contributed by atoms with Crippen molar-refractivity contribution in [3.8, 4) is 28.8 Å².